The number of hydrogen-bond acceptors (Lipinski definition) is 3. The van der Waals surface area contributed by atoms with Crippen molar-refractivity contribution in [3.8, 4) is 0 Å². The van der Waals surface area contributed by atoms with Gasteiger partial charge in [0.15, 0.2) is 10.4 Å². The molecule has 92 valence electrons. The number of carbonyl (C=O) groups is 1. The molecule has 2 rings (SSSR count). The smallest absolute Gasteiger partial charge is 0.240 e. The van der Waals surface area contributed by atoms with Gasteiger partial charge in [-0.3, -0.25) is 14.0 Å². The van der Waals surface area contributed by atoms with Crippen LogP contribution in [-0.2, 0) is 18.4 Å². The Morgan fingerprint density at radius 1 is 1.59 bits per heavy atom. The lowest BCUT2D eigenvalue weighted by Gasteiger charge is -2.04. The van der Waals surface area contributed by atoms with Crippen molar-refractivity contribution >= 4 is 29.3 Å². The van der Waals surface area contributed by atoms with Crippen LogP contribution in [0.4, 0.5) is 0 Å². The Morgan fingerprint density at radius 3 is 2.94 bits per heavy atom. The second-order valence-electron chi connectivity index (χ2n) is 3.88. The third kappa shape index (κ3) is 1.97. The molecule has 2 heterocycles. The van der Waals surface area contributed by atoms with Crippen LogP contribution >= 0.6 is 12.2 Å². The Labute approximate surface area is 104 Å². The standard InChI is InChI=1S/C10H15N5OS/c1-4-11-7(16)5-15-9-8(12-10(15)17)6(2)13-14(9)3/h4-5H2,1-3H3,(H,11,16)(H,12,17). The van der Waals surface area contributed by atoms with Crippen molar-refractivity contribution in [3.63, 3.8) is 0 Å². The van der Waals surface area contributed by atoms with Gasteiger partial charge in [0.2, 0.25) is 5.91 Å². The van der Waals surface area contributed by atoms with E-state index >= 15 is 0 Å². The predicted octanol–water partition coefficient (Wildman–Crippen LogP) is 0.877. The minimum Gasteiger partial charge on any atom is -0.355 e. The topological polar surface area (TPSA) is 67.6 Å². The Morgan fingerprint density at radius 2 is 2.29 bits per heavy atom. The fourth-order valence-corrected chi connectivity index (χ4v) is 2.17. The van der Waals surface area contributed by atoms with Gasteiger partial charge in [-0.1, -0.05) is 0 Å². The van der Waals surface area contributed by atoms with Crippen molar-refractivity contribution in [1.29, 1.82) is 0 Å². The van der Waals surface area contributed by atoms with E-state index in [1.807, 2.05) is 20.9 Å². The quantitative estimate of drug-likeness (QED) is 0.798. The molecule has 0 fully saturated rings. The first kappa shape index (κ1) is 11.8. The number of imidazole rings is 1. The largest absolute Gasteiger partial charge is 0.355 e. The lowest BCUT2D eigenvalue weighted by Crippen LogP contribution is -2.27. The van der Waals surface area contributed by atoms with Gasteiger partial charge in [0, 0.05) is 13.6 Å². The molecule has 2 aromatic heterocycles. The molecule has 17 heavy (non-hydrogen) atoms. The summed E-state index contributed by atoms with van der Waals surface area (Å²) in [5, 5.41) is 7.04. The number of likely N-dealkylation sites (N-methyl/N-ethyl adjacent to an activating group) is 1. The molecule has 0 saturated heterocycles. The molecular weight excluding hydrogens is 238 g/mol. The van der Waals surface area contributed by atoms with Gasteiger partial charge in [-0.25, -0.2) is 0 Å². The van der Waals surface area contributed by atoms with Gasteiger partial charge in [-0.05, 0) is 26.1 Å². The number of aromatic nitrogens is 4. The molecule has 0 saturated carbocycles. The monoisotopic (exact) mass is 253 g/mol. The maximum atomic E-state index is 11.6. The second-order valence-corrected chi connectivity index (χ2v) is 4.26. The zero-order valence-electron chi connectivity index (χ0n) is 10.1. The zero-order chi connectivity index (χ0) is 12.6. The van der Waals surface area contributed by atoms with Gasteiger partial charge in [-0.2, -0.15) is 5.10 Å². The van der Waals surface area contributed by atoms with Crippen molar-refractivity contribution in [3.05, 3.63) is 10.5 Å². The van der Waals surface area contributed by atoms with Crippen molar-refractivity contribution in [2.24, 2.45) is 7.05 Å². The summed E-state index contributed by atoms with van der Waals surface area (Å²) in [4.78, 5) is 14.7. The minimum absolute atomic E-state index is 0.0525. The van der Waals surface area contributed by atoms with E-state index in [0.29, 0.717) is 11.3 Å². The summed E-state index contributed by atoms with van der Waals surface area (Å²) in [6, 6.07) is 0. The molecule has 0 atom stereocenters. The molecule has 0 bridgehead atoms. The normalized spacial score (nSPS) is 11.0. The number of aromatic amines is 1. The number of nitrogens with zero attached hydrogens (tertiary/aromatic N) is 3. The first-order valence-electron chi connectivity index (χ1n) is 5.43. The third-order valence-corrected chi connectivity index (χ3v) is 2.92. The molecule has 1 amide bonds. The highest BCUT2D eigenvalue weighted by Crippen LogP contribution is 2.16. The first-order chi connectivity index (χ1) is 8.04. The Kier molecular flexibility index (Phi) is 3.01. The van der Waals surface area contributed by atoms with Gasteiger partial charge in [0.1, 0.15) is 12.1 Å². The van der Waals surface area contributed by atoms with E-state index in [-0.39, 0.29) is 12.5 Å². The summed E-state index contributed by atoms with van der Waals surface area (Å²) in [6.45, 7) is 4.62. The molecule has 7 heteroatoms. The molecule has 0 aliphatic heterocycles. The van der Waals surface area contributed by atoms with Gasteiger partial charge >= 0.3 is 0 Å². The number of H-pyrrole nitrogens is 1. The number of aryl methyl sites for hydroxylation is 2. The second kappa shape index (κ2) is 4.33. The summed E-state index contributed by atoms with van der Waals surface area (Å²) < 4.78 is 4.04. The van der Waals surface area contributed by atoms with Crippen LogP contribution in [0, 0.1) is 11.7 Å². The van der Waals surface area contributed by atoms with E-state index in [0.717, 1.165) is 16.9 Å². The van der Waals surface area contributed by atoms with E-state index < -0.39 is 0 Å². The summed E-state index contributed by atoms with van der Waals surface area (Å²) >= 11 is 5.21. The lowest BCUT2D eigenvalue weighted by molar-refractivity contribution is -0.121. The summed E-state index contributed by atoms with van der Waals surface area (Å²) in [5.74, 6) is -0.0525. The van der Waals surface area contributed by atoms with E-state index in [9.17, 15) is 4.79 Å². The Balaban J connectivity index is 2.49. The molecule has 6 nitrogen and oxygen atoms in total. The number of fused-ring (bicyclic) bond motifs is 1. The van der Waals surface area contributed by atoms with E-state index in [1.54, 1.807) is 9.25 Å². The van der Waals surface area contributed by atoms with Gasteiger partial charge in [0.25, 0.3) is 0 Å². The molecular formula is C10H15N5OS. The maximum Gasteiger partial charge on any atom is 0.240 e. The zero-order valence-corrected chi connectivity index (χ0v) is 10.9. The van der Waals surface area contributed by atoms with Crippen molar-refractivity contribution in [2.75, 3.05) is 6.54 Å². The molecule has 0 aliphatic rings. The highest BCUT2D eigenvalue weighted by atomic mass is 32.1. The van der Waals surface area contributed by atoms with Crippen LogP contribution in [0.5, 0.6) is 0 Å². The summed E-state index contributed by atoms with van der Waals surface area (Å²) in [7, 11) is 1.84. The highest BCUT2D eigenvalue weighted by molar-refractivity contribution is 7.71. The summed E-state index contributed by atoms with van der Waals surface area (Å²) in [5.41, 5.74) is 2.61. The molecule has 0 unspecified atom stereocenters. The molecule has 0 spiro atoms. The van der Waals surface area contributed by atoms with Gasteiger partial charge in [0.05, 0.1) is 5.69 Å². The van der Waals surface area contributed by atoms with Crippen LogP contribution in [0.2, 0.25) is 0 Å². The van der Waals surface area contributed by atoms with E-state index in [2.05, 4.69) is 15.4 Å². The number of rotatable bonds is 3. The Bertz CT molecular complexity index is 620. The van der Waals surface area contributed by atoms with Crippen LogP contribution in [0.15, 0.2) is 0 Å². The fourth-order valence-electron chi connectivity index (χ4n) is 1.92. The molecule has 0 aromatic carbocycles. The molecule has 2 aromatic rings. The number of carbonyl (C=O) groups excluding carboxylic acids is 1. The molecule has 0 radical (unpaired) electrons. The number of amides is 1. The van der Waals surface area contributed by atoms with Crippen molar-refractivity contribution in [1.82, 2.24) is 24.6 Å². The number of nitrogens with one attached hydrogen (secondary N) is 2. The van der Waals surface area contributed by atoms with Crippen LogP contribution in [0.25, 0.3) is 11.2 Å². The average Bonchev–Trinajstić information content (AvgIpc) is 2.69. The first-order valence-corrected chi connectivity index (χ1v) is 5.84. The highest BCUT2D eigenvalue weighted by Gasteiger charge is 2.14. The SMILES string of the molecule is CCNC(=O)Cn1c(=S)[nH]c2c(C)nn(C)c21. The van der Waals surface area contributed by atoms with Crippen molar-refractivity contribution in [2.45, 2.75) is 20.4 Å². The number of hydrogen-bond donors (Lipinski definition) is 2. The van der Waals surface area contributed by atoms with Crippen LogP contribution < -0.4 is 5.32 Å². The van der Waals surface area contributed by atoms with Gasteiger partial charge < -0.3 is 10.3 Å². The van der Waals surface area contributed by atoms with Crippen LogP contribution in [0.1, 0.15) is 12.6 Å². The molecule has 2 N–H and O–H groups in total. The fraction of sp³-hybridized carbons (Fsp3) is 0.500. The van der Waals surface area contributed by atoms with E-state index in [1.165, 1.54) is 0 Å². The van der Waals surface area contributed by atoms with E-state index in [4.69, 9.17) is 12.2 Å². The predicted molar refractivity (Wildman–Crippen MR) is 67.3 cm³/mol. The minimum atomic E-state index is -0.0525. The van der Waals surface area contributed by atoms with Gasteiger partial charge in [-0.15, -0.1) is 0 Å². The Hall–Kier alpha value is -1.63. The lowest BCUT2D eigenvalue weighted by atomic mass is 10.4. The summed E-state index contributed by atoms with van der Waals surface area (Å²) in [6.07, 6.45) is 0. The van der Waals surface area contributed by atoms with Crippen molar-refractivity contribution < 1.29 is 4.79 Å². The molecule has 0 aliphatic carbocycles. The van der Waals surface area contributed by atoms with Crippen LogP contribution in [-0.4, -0.2) is 31.8 Å². The third-order valence-electron chi connectivity index (χ3n) is 2.60. The average molecular weight is 253 g/mol. The maximum absolute atomic E-state index is 11.6. The van der Waals surface area contributed by atoms with Crippen LogP contribution in [0.3, 0.4) is 0 Å².